The Bertz CT molecular complexity index is 1250. The van der Waals surface area contributed by atoms with Gasteiger partial charge in [0.2, 0.25) is 0 Å². The molecule has 1 aliphatic rings. The van der Waals surface area contributed by atoms with E-state index >= 15 is 0 Å². The molecule has 0 bridgehead atoms. The van der Waals surface area contributed by atoms with Crippen molar-refractivity contribution in [1.29, 1.82) is 0 Å². The highest BCUT2D eigenvalue weighted by atomic mass is 16.5. The van der Waals surface area contributed by atoms with Crippen LogP contribution in [0.4, 0.5) is 5.69 Å². The predicted molar refractivity (Wildman–Crippen MR) is 151 cm³/mol. The number of methoxy groups -OCH3 is 3. The molecule has 1 N–H and O–H groups in total. The number of carbonyl (C=O) groups excluding carboxylic acids is 1. The summed E-state index contributed by atoms with van der Waals surface area (Å²) in [5.41, 5.74) is 7.21. The van der Waals surface area contributed by atoms with Gasteiger partial charge >= 0.3 is 0 Å². The number of nitrogens with one attached hydrogen (secondary N) is 1. The van der Waals surface area contributed by atoms with Gasteiger partial charge in [0.25, 0.3) is 5.91 Å². The van der Waals surface area contributed by atoms with E-state index in [0.717, 1.165) is 55.4 Å². The van der Waals surface area contributed by atoms with Crippen LogP contribution in [0.15, 0.2) is 71.8 Å². The molecule has 1 fully saturated rings. The summed E-state index contributed by atoms with van der Waals surface area (Å²) < 4.78 is 16.2. The van der Waals surface area contributed by atoms with Crippen molar-refractivity contribution < 1.29 is 19.0 Å². The second-order valence-corrected chi connectivity index (χ2v) is 9.05. The van der Waals surface area contributed by atoms with Crippen LogP contribution in [-0.2, 0) is 6.54 Å². The number of piperazine rings is 1. The molecular weight excluding hydrogens is 480 g/mol. The summed E-state index contributed by atoms with van der Waals surface area (Å²) in [5.74, 6) is 1.94. The highest BCUT2D eigenvalue weighted by Crippen LogP contribution is 2.29. The van der Waals surface area contributed by atoms with Gasteiger partial charge in [0.1, 0.15) is 5.75 Å². The Kier molecular flexibility index (Phi) is 9.21. The molecule has 1 amide bonds. The van der Waals surface area contributed by atoms with Gasteiger partial charge < -0.3 is 19.1 Å². The number of amides is 1. The Labute approximate surface area is 224 Å². The lowest BCUT2D eigenvalue weighted by atomic mass is 10.1. The van der Waals surface area contributed by atoms with Gasteiger partial charge in [0.05, 0.1) is 32.7 Å². The number of anilines is 1. The van der Waals surface area contributed by atoms with Crippen LogP contribution in [0.5, 0.6) is 17.2 Å². The van der Waals surface area contributed by atoms with Crippen molar-refractivity contribution in [3.8, 4) is 17.2 Å². The van der Waals surface area contributed by atoms with Gasteiger partial charge in [-0.15, -0.1) is 0 Å². The molecule has 3 aromatic rings. The maximum Gasteiger partial charge on any atom is 0.271 e. The Morgan fingerprint density at radius 3 is 2.13 bits per heavy atom. The van der Waals surface area contributed by atoms with E-state index < -0.39 is 0 Å². The standard InChI is InChI=1S/C30H36N4O4/c1-5-25(24-14-15-28(37-3)29(20-24)38-4)31-32-30(35)23-12-10-22(11-13-23)21-33-16-18-34(19-17-33)26-8-6-7-9-27(26)36-2/h6-15,20H,5,16-19,21H2,1-4H3,(H,32,35)/b31-25+. The Balaban J connectivity index is 1.32. The normalized spacial score (nSPS) is 14.2. The molecule has 3 aromatic carbocycles. The highest BCUT2D eigenvalue weighted by molar-refractivity contribution is 6.02. The van der Waals surface area contributed by atoms with Crippen molar-refractivity contribution in [1.82, 2.24) is 10.3 Å². The summed E-state index contributed by atoms with van der Waals surface area (Å²) in [6.07, 6.45) is 0.652. The molecule has 38 heavy (non-hydrogen) atoms. The zero-order chi connectivity index (χ0) is 26.9. The van der Waals surface area contributed by atoms with Crippen molar-refractivity contribution >= 4 is 17.3 Å². The van der Waals surface area contributed by atoms with E-state index in [1.165, 1.54) is 5.56 Å². The van der Waals surface area contributed by atoms with Gasteiger partial charge in [-0.25, -0.2) is 5.43 Å². The van der Waals surface area contributed by atoms with Gasteiger partial charge in [-0.05, 0) is 54.4 Å². The second kappa shape index (κ2) is 13.0. The van der Waals surface area contributed by atoms with E-state index in [4.69, 9.17) is 14.2 Å². The third-order valence-electron chi connectivity index (χ3n) is 6.76. The molecule has 1 saturated heterocycles. The molecule has 200 valence electrons. The molecule has 1 heterocycles. The summed E-state index contributed by atoms with van der Waals surface area (Å²) in [7, 11) is 4.91. The Morgan fingerprint density at radius 1 is 0.816 bits per heavy atom. The van der Waals surface area contributed by atoms with Crippen LogP contribution in [0.2, 0.25) is 0 Å². The topological polar surface area (TPSA) is 75.6 Å². The summed E-state index contributed by atoms with van der Waals surface area (Å²) in [6.45, 7) is 6.65. The molecule has 0 spiro atoms. The molecule has 0 saturated carbocycles. The van der Waals surface area contributed by atoms with Crippen LogP contribution in [0.1, 0.15) is 34.8 Å². The van der Waals surface area contributed by atoms with Crippen LogP contribution < -0.4 is 24.5 Å². The quantitative estimate of drug-likeness (QED) is 0.314. The molecule has 8 heteroatoms. The number of rotatable bonds is 10. The number of carbonyl (C=O) groups is 1. The first kappa shape index (κ1) is 27.0. The number of hydrogen-bond donors (Lipinski definition) is 1. The largest absolute Gasteiger partial charge is 0.495 e. The zero-order valence-corrected chi connectivity index (χ0v) is 22.6. The first-order chi connectivity index (χ1) is 18.6. The number of nitrogens with zero attached hydrogens (tertiary/aromatic N) is 3. The van der Waals surface area contributed by atoms with Crippen LogP contribution in [0, 0.1) is 0 Å². The van der Waals surface area contributed by atoms with Crippen LogP contribution in [0.25, 0.3) is 0 Å². The maximum atomic E-state index is 12.8. The van der Waals surface area contributed by atoms with E-state index in [0.29, 0.717) is 23.5 Å². The summed E-state index contributed by atoms with van der Waals surface area (Å²) in [4.78, 5) is 17.6. The van der Waals surface area contributed by atoms with Crippen LogP contribution >= 0.6 is 0 Å². The lowest BCUT2D eigenvalue weighted by Crippen LogP contribution is -2.46. The van der Waals surface area contributed by atoms with Gasteiger partial charge in [0, 0.05) is 43.9 Å². The van der Waals surface area contributed by atoms with Crippen molar-refractivity contribution in [2.45, 2.75) is 19.9 Å². The fourth-order valence-electron chi connectivity index (χ4n) is 4.60. The first-order valence-electron chi connectivity index (χ1n) is 12.8. The van der Waals surface area contributed by atoms with E-state index in [1.807, 2.05) is 67.6 Å². The monoisotopic (exact) mass is 516 g/mol. The fraction of sp³-hybridized carbons (Fsp3) is 0.333. The zero-order valence-electron chi connectivity index (χ0n) is 22.6. The minimum absolute atomic E-state index is 0.242. The SMILES string of the molecule is CC/C(=N\NC(=O)c1ccc(CN2CCN(c3ccccc3OC)CC2)cc1)c1ccc(OC)c(OC)c1. The van der Waals surface area contributed by atoms with Crippen molar-refractivity contribution in [2.75, 3.05) is 52.4 Å². The minimum Gasteiger partial charge on any atom is -0.495 e. The second-order valence-electron chi connectivity index (χ2n) is 9.05. The summed E-state index contributed by atoms with van der Waals surface area (Å²) in [6, 6.07) is 21.5. The molecule has 0 aliphatic carbocycles. The summed E-state index contributed by atoms with van der Waals surface area (Å²) >= 11 is 0. The van der Waals surface area contributed by atoms with E-state index in [1.54, 1.807) is 21.3 Å². The van der Waals surface area contributed by atoms with Crippen molar-refractivity contribution in [3.05, 3.63) is 83.4 Å². The van der Waals surface area contributed by atoms with Crippen molar-refractivity contribution in [3.63, 3.8) is 0 Å². The lowest BCUT2D eigenvalue weighted by molar-refractivity contribution is 0.0954. The van der Waals surface area contributed by atoms with Gasteiger partial charge in [-0.2, -0.15) is 5.10 Å². The molecule has 0 atom stereocenters. The van der Waals surface area contributed by atoms with Crippen LogP contribution in [0.3, 0.4) is 0 Å². The molecule has 1 aliphatic heterocycles. The fourth-order valence-corrected chi connectivity index (χ4v) is 4.60. The van der Waals surface area contributed by atoms with E-state index in [9.17, 15) is 4.79 Å². The van der Waals surface area contributed by atoms with E-state index in [2.05, 4.69) is 26.4 Å². The number of ether oxygens (including phenoxy) is 3. The molecule has 0 radical (unpaired) electrons. The minimum atomic E-state index is -0.242. The number of para-hydroxylation sites is 2. The maximum absolute atomic E-state index is 12.8. The van der Waals surface area contributed by atoms with Gasteiger partial charge in [-0.3, -0.25) is 9.69 Å². The van der Waals surface area contributed by atoms with Gasteiger partial charge in [0.15, 0.2) is 11.5 Å². The molecule has 0 unspecified atom stereocenters. The smallest absolute Gasteiger partial charge is 0.271 e. The molecule has 8 nitrogen and oxygen atoms in total. The van der Waals surface area contributed by atoms with E-state index in [-0.39, 0.29) is 5.91 Å². The third-order valence-corrected chi connectivity index (χ3v) is 6.76. The lowest BCUT2D eigenvalue weighted by Gasteiger charge is -2.36. The van der Waals surface area contributed by atoms with Gasteiger partial charge in [-0.1, -0.05) is 31.2 Å². The molecule has 4 rings (SSSR count). The van der Waals surface area contributed by atoms with Crippen LogP contribution in [-0.4, -0.2) is 64.0 Å². The number of benzene rings is 3. The molecular formula is C30H36N4O4. The Hall–Kier alpha value is -4.04. The predicted octanol–water partition coefficient (Wildman–Crippen LogP) is 4.58. The number of hydrogen-bond acceptors (Lipinski definition) is 7. The summed E-state index contributed by atoms with van der Waals surface area (Å²) in [5, 5.41) is 4.38. The van der Waals surface area contributed by atoms with Crippen molar-refractivity contribution in [2.24, 2.45) is 5.10 Å². The number of hydrazone groups is 1. The third kappa shape index (κ3) is 6.44. The Morgan fingerprint density at radius 2 is 1.47 bits per heavy atom. The molecule has 0 aromatic heterocycles. The first-order valence-corrected chi connectivity index (χ1v) is 12.8. The average molecular weight is 517 g/mol. The average Bonchev–Trinajstić information content (AvgIpc) is 2.98. The highest BCUT2D eigenvalue weighted by Gasteiger charge is 2.19.